The quantitative estimate of drug-likeness (QED) is 0.386. The van der Waals surface area contributed by atoms with Crippen LogP contribution in [-0.2, 0) is 6.42 Å². The summed E-state index contributed by atoms with van der Waals surface area (Å²) in [6, 6.07) is 20.5. The Morgan fingerprint density at radius 1 is 1.11 bits per heavy atom. The van der Waals surface area contributed by atoms with Crippen LogP contribution in [0.25, 0.3) is 11.3 Å². The summed E-state index contributed by atoms with van der Waals surface area (Å²) in [5.74, 6) is 0.00378. The number of hydrogen-bond donors (Lipinski definition) is 2. The van der Waals surface area contributed by atoms with Crippen LogP contribution in [0.15, 0.2) is 79.3 Å². The number of halogens is 1. The predicted molar refractivity (Wildman–Crippen MR) is 143 cm³/mol. The first-order valence-corrected chi connectivity index (χ1v) is 12.3. The van der Waals surface area contributed by atoms with Crippen molar-refractivity contribution in [2.75, 3.05) is 23.3 Å². The molecule has 5 rings (SSSR count). The van der Waals surface area contributed by atoms with Crippen molar-refractivity contribution in [3.8, 4) is 17.3 Å². The highest BCUT2D eigenvalue weighted by atomic mass is 19.1. The highest BCUT2D eigenvalue weighted by molar-refractivity contribution is 5.98. The molecule has 1 amide bonds. The highest BCUT2D eigenvalue weighted by Gasteiger charge is 2.30. The molecular formula is C29H26FN7O. The summed E-state index contributed by atoms with van der Waals surface area (Å²) in [7, 11) is 0. The first kappa shape index (κ1) is 24.8. The third kappa shape index (κ3) is 5.60. The smallest absolute Gasteiger partial charge is 0.252 e. The molecule has 1 fully saturated rings. The molecule has 0 spiro atoms. The summed E-state index contributed by atoms with van der Waals surface area (Å²) in [6.07, 6.45) is 4.52. The summed E-state index contributed by atoms with van der Waals surface area (Å²) in [4.78, 5) is 27.0. The number of pyridine rings is 3. The SMILES string of the molecule is N#Cc1ccc(N2CC[C@@H](Nc3cc(Cc4ccc(-c5ccccn5)cc4)ncc3C(N)=O)[C@@H](F)C2)nc1. The van der Waals surface area contributed by atoms with Crippen molar-refractivity contribution in [3.05, 3.63) is 102 Å². The fourth-order valence-corrected chi connectivity index (χ4v) is 4.56. The fraction of sp³-hybridized carbons (Fsp3) is 0.207. The van der Waals surface area contributed by atoms with Gasteiger partial charge in [-0.3, -0.25) is 14.8 Å². The number of alkyl halides is 1. The van der Waals surface area contributed by atoms with Crippen molar-refractivity contribution in [1.82, 2.24) is 15.0 Å². The van der Waals surface area contributed by atoms with Crippen LogP contribution < -0.4 is 16.0 Å². The van der Waals surface area contributed by atoms with Crippen molar-refractivity contribution < 1.29 is 9.18 Å². The number of nitrogens with one attached hydrogen (secondary N) is 1. The molecule has 190 valence electrons. The summed E-state index contributed by atoms with van der Waals surface area (Å²) in [6.45, 7) is 0.715. The minimum atomic E-state index is -1.21. The lowest BCUT2D eigenvalue weighted by atomic mass is 10.0. The summed E-state index contributed by atoms with van der Waals surface area (Å²) in [5.41, 5.74) is 10.4. The zero-order valence-corrected chi connectivity index (χ0v) is 20.6. The Labute approximate surface area is 220 Å². The van der Waals surface area contributed by atoms with E-state index in [1.165, 1.54) is 12.4 Å². The van der Waals surface area contributed by atoms with Gasteiger partial charge in [-0.1, -0.05) is 30.3 Å². The van der Waals surface area contributed by atoms with Gasteiger partial charge in [-0.15, -0.1) is 0 Å². The molecule has 0 radical (unpaired) electrons. The van der Waals surface area contributed by atoms with Gasteiger partial charge in [0.25, 0.3) is 5.91 Å². The summed E-state index contributed by atoms with van der Waals surface area (Å²) < 4.78 is 15.3. The molecule has 4 heterocycles. The Morgan fingerprint density at radius 2 is 1.95 bits per heavy atom. The number of rotatable bonds is 7. The molecule has 0 unspecified atom stereocenters. The van der Waals surface area contributed by atoms with E-state index in [4.69, 9.17) is 11.0 Å². The Kier molecular flexibility index (Phi) is 7.22. The number of primary amides is 1. The first-order chi connectivity index (χ1) is 18.5. The molecular weight excluding hydrogens is 481 g/mol. The molecule has 1 saturated heterocycles. The van der Waals surface area contributed by atoms with Crippen LogP contribution in [-0.4, -0.2) is 46.2 Å². The van der Waals surface area contributed by atoms with Crippen LogP contribution in [0.5, 0.6) is 0 Å². The third-order valence-corrected chi connectivity index (χ3v) is 6.61. The van der Waals surface area contributed by atoms with Crippen LogP contribution in [0, 0.1) is 11.3 Å². The third-order valence-electron chi connectivity index (χ3n) is 6.61. The lowest BCUT2D eigenvalue weighted by Gasteiger charge is -2.36. The van der Waals surface area contributed by atoms with E-state index >= 15 is 4.39 Å². The van der Waals surface area contributed by atoms with E-state index in [2.05, 4.69) is 20.3 Å². The van der Waals surface area contributed by atoms with Gasteiger partial charge in [-0.25, -0.2) is 9.37 Å². The van der Waals surface area contributed by atoms with Gasteiger partial charge in [0.1, 0.15) is 18.1 Å². The van der Waals surface area contributed by atoms with Gasteiger partial charge in [0, 0.05) is 42.8 Å². The second-order valence-electron chi connectivity index (χ2n) is 9.19. The van der Waals surface area contributed by atoms with E-state index in [1.54, 1.807) is 24.4 Å². The van der Waals surface area contributed by atoms with Crippen molar-refractivity contribution >= 4 is 17.4 Å². The van der Waals surface area contributed by atoms with Gasteiger partial charge in [0.15, 0.2) is 0 Å². The number of carbonyl (C=O) groups is 1. The van der Waals surface area contributed by atoms with E-state index in [0.29, 0.717) is 36.5 Å². The van der Waals surface area contributed by atoms with Crippen molar-refractivity contribution in [3.63, 3.8) is 0 Å². The Balaban J connectivity index is 1.28. The van der Waals surface area contributed by atoms with Gasteiger partial charge in [-0.2, -0.15) is 5.26 Å². The van der Waals surface area contributed by atoms with Gasteiger partial charge in [0.05, 0.1) is 35.1 Å². The van der Waals surface area contributed by atoms with E-state index in [0.717, 1.165) is 22.5 Å². The number of amides is 1. The normalized spacial score (nSPS) is 17.0. The molecule has 1 aromatic carbocycles. The van der Waals surface area contributed by atoms with E-state index < -0.39 is 18.1 Å². The lowest BCUT2D eigenvalue weighted by Crippen LogP contribution is -2.48. The second-order valence-corrected chi connectivity index (χ2v) is 9.19. The van der Waals surface area contributed by atoms with E-state index in [1.807, 2.05) is 53.4 Å². The number of nitriles is 1. The fourth-order valence-electron chi connectivity index (χ4n) is 4.56. The monoisotopic (exact) mass is 507 g/mol. The average molecular weight is 508 g/mol. The van der Waals surface area contributed by atoms with E-state index in [-0.39, 0.29) is 12.1 Å². The molecule has 1 aliphatic heterocycles. The summed E-state index contributed by atoms with van der Waals surface area (Å²) in [5, 5.41) is 12.2. The van der Waals surface area contributed by atoms with Crippen LogP contribution in [0.4, 0.5) is 15.9 Å². The Morgan fingerprint density at radius 3 is 2.61 bits per heavy atom. The largest absolute Gasteiger partial charge is 0.378 e. The predicted octanol–water partition coefficient (Wildman–Crippen LogP) is 4.13. The molecule has 0 saturated carbocycles. The van der Waals surface area contributed by atoms with Gasteiger partial charge in [0.2, 0.25) is 0 Å². The van der Waals surface area contributed by atoms with Crippen LogP contribution in [0.3, 0.4) is 0 Å². The van der Waals surface area contributed by atoms with Crippen molar-refractivity contribution in [2.45, 2.75) is 25.1 Å². The number of nitrogens with zero attached hydrogens (tertiary/aromatic N) is 5. The number of anilines is 2. The topological polar surface area (TPSA) is 121 Å². The lowest BCUT2D eigenvalue weighted by molar-refractivity contribution is 0.100. The number of hydrogen-bond acceptors (Lipinski definition) is 7. The maximum atomic E-state index is 15.3. The average Bonchev–Trinajstić information content (AvgIpc) is 2.95. The van der Waals surface area contributed by atoms with Gasteiger partial charge in [-0.05, 0) is 42.3 Å². The molecule has 0 aliphatic carbocycles. The van der Waals surface area contributed by atoms with Crippen molar-refractivity contribution in [1.29, 1.82) is 5.26 Å². The van der Waals surface area contributed by atoms with Crippen molar-refractivity contribution in [2.24, 2.45) is 5.73 Å². The van der Waals surface area contributed by atoms with Gasteiger partial charge >= 0.3 is 0 Å². The minimum Gasteiger partial charge on any atom is -0.378 e. The molecule has 1 aliphatic rings. The maximum absolute atomic E-state index is 15.3. The Hall–Kier alpha value is -4.84. The standard InChI is InChI=1S/C29H26FN7O/c30-24-18-37(28-9-6-20(15-31)16-35-28)12-10-26(24)36-27-14-22(34-17-23(27)29(32)38)13-19-4-7-21(8-5-19)25-3-1-2-11-33-25/h1-9,11,14,16-17,24,26H,10,12-13,18H2,(H2,32,38)(H,34,36)/t24-,26+/m0/s1. The van der Waals surface area contributed by atoms with Crippen LogP contribution in [0.2, 0.25) is 0 Å². The van der Waals surface area contributed by atoms with Crippen LogP contribution >= 0.6 is 0 Å². The first-order valence-electron chi connectivity index (χ1n) is 12.3. The number of benzene rings is 1. The molecule has 8 nitrogen and oxygen atoms in total. The molecule has 38 heavy (non-hydrogen) atoms. The number of nitrogens with two attached hydrogens (primary N) is 1. The zero-order valence-electron chi connectivity index (χ0n) is 20.6. The number of aromatic nitrogens is 3. The highest BCUT2D eigenvalue weighted by Crippen LogP contribution is 2.26. The Bertz CT molecular complexity index is 1450. The molecule has 3 N–H and O–H groups in total. The van der Waals surface area contributed by atoms with E-state index in [9.17, 15) is 4.79 Å². The molecule has 4 aromatic rings. The maximum Gasteiger partial charge on any atom is 0.252 e. The van der Waals surface area contributed by atoms with Crippen LogP contribution in [0.1, 0.15) is 33.6 Å². The zero-order chi connectivity index (χ0) is 26.5. The number of piperidine rings is 1. The second kappa shape index (κ2) is 11.0. The summed E-state index contributed by atoms with van der Waals surface area (Å²) >= 11 is 0. The molecule has 3 aromatic heterocycles. The molecule has 0 bridgehead atoms. The number of carbonyl (C=O) groups excluding carboxylic acids is 1. The molecule has 9 heteroatoms. The molecule has 2 atom stereocenters. The van der Waals surface area contributed by atoms with Gasteiger partial charge < -0.3 is 16.0 Å². The minimum absolute atomic E-state index is 0.142.